The molecule has 0 spiro atoms. The second-order valence-electron chi connectivity index (χ2n) is 7.06. The SMILES string of the molecule is Nc1nc(-c2ccc3[nH]ccc3c2)cc(-c2cc(-c3ccc(O)cc3)ccc2O)n1. The number of nitrogens with zero attached hydrogens (tertiary/aromatic N) is 2. The van der Waals surface area contributed by atoms with Gasteiger partial charge in [0.05, 0.1) is 11.4 Å². The van der Waals surface area contributed by atoms with Crippen molar-refractivity contribution in [3.05, 3.63) is 79.0 Å². The van der Waals surface area contributed by atoms with Gasteiger partial charge in [0.15, 0.2) is 0 Å². The van der Waals surface area contributed by atoms with E-state index in [0.29, 0.717) is 17.0 Å². The standard InChI is InChI=1S/C24H18N4O2/c25-24-27-21(16-3-7-20-17(11-16)9-10-26-20)13-22(28-24)19-12-15(4-8-23(19)30)14-1-5-18(29)6-2-14/h1-13,26,29-30H,(H2,25,27,28). The quantitative estimate of drug-likeness (QED) is 0.346. The van der Waals surface area contributed by atoms with Gasteiger partial charge in [-0.3, -0.25) is 0 Å². The molecule has 0 saturated carbocycles. The van der Waals surface area contributed by atoms with Gasteiger partial charge in [-0.25, -0.2) is 9.97 Å². The monoisotopic (exact) mass is 394 g/mol. The average Bonchev–Trinajstić information content (AvgIpc) is 3.22. The molecule has 0 atom stereocenters. The maximum Gasteiger partial charge on any atom is 0.221 e. The number of phenols is 2. The molecule has 0 aliphatic carbocycles. The van der Waals surface area contributed by atoms with E-state index in [-0.39, 0.29) is 17.4 Å². The van der Waals surface area contributed by atoms with Crippen LogP contribution in [0.4, 0.5) is 5.95 Å². The normalized spacial score (nSPS) is 11.1. The van der Waals surface area contributed by atoms with Gasteiger partial charge < -0.3 is 20.9 Å². The third kappa shape index (κ3) is 3.20. The first-order chi connectivity index (χ1) is 14.6. The molecular weight excluding hydrogens is 376 g/mol. The number of benzene rings is 3. The summed E-state index contributed by atoms with van der Waals surface area (Å²) in [5.41, 5.74) is 11.5. The van der Waals surface area contributed by atoms with Crippen LogP contribution < -0.4 is 5.73 Å². The van der Waals surface area contributed by atoms with Crippen LogP contribution in [0.3, 0.4) is 0 Å². The number of nitrogens with two attached hydrogens (primary N) is 1. The van der Waals surface area contributed by atoms with E-state index in [1.54, 1.807) is 18.2 Å². The van der Waals surface area contributed by atoms with Crippen molar-refractivity contribution in [1.82, 2.24) is 15.0 Å². The topological polar surface area (TPSA) is 108 Å². The van der Waals surface area contributed by atoms with Crippen molar-refractivity contribution in [3.8, 4) is 45.1 Å². The zero-order valence-electron chi connectivity index (χ0n) is 15.9. The van der Waals surface area contributed by atoms with E-state index >= 15 is 0 Å². The van der Waals surface area contributed by atoms with E-state index in [4.69, 9.17) is 5.73 Å². The summed E-state index contributed by atoms with van der Waals surface area (Å²) < 4.78 is 0. The predicted octanol–water partition coefficient (Wildman–Crippen LogP) is 4.95. The van der Waals surface area contributed by atoms with Gasteiger partial charge in [0, 0.05) is 28.2 Å². The number of hydrogen-bond acceptors (Lipinski definition) is 5. The first-order valence-corrected chi connectivity index (χ1v) is 9.42. The highest BCUT2D eigenvalue weighted by molar-refractivity contribution is 5.85. The van der Waals surface area contributed by atoms with Gasteiger partial charge in [0.2, 0.25) is 5.95 Å². The highest BCUT2D eigenvalue weighted by atomic mass is 16.3. The van der Waals surface area contributed by atoms with Gasteiger partial charge >= 0.3 is 0 Å². The molecule has 0 saturated heterocycles. The molecule has 0 unspecified atom stereocenters. The average molecular weight is 394 g/mol. The highest BCUT2D eigenvalue weighted by Gasteiger charge is 2.13. The Kier molecular flexibility index (Phi) is 4.10. The third-order valence-electron chi connectivity index (χ3n) is 5.07. The molecule has 5 aromatic rings. The summed E-state index contributed by atoms with van der Waals surface area (Å²) in [6.07, 6.45) is 1.89. The van der Waals surface area contributed by atoms with Crippen LogP contribution in [0.15, 0.2) is 79.0 Å². The molecule has 5 rings (SSSR count). The van der Waals surface area contributed by atoms with Crippen LogP contribution in [0.2, 0.25) is 0 Å². The fourth-order valence-electron chi connectivity index (χ4n) is 3.54. The molecule has 0 bridgehead atoms. The molecule has 30 heavy (non-hydrogen) atoms. The van der Waals surface area contributed by atoms with Crippen molar-refractivity contribution in [3.63, 3.8) is 0 Å². The molecule has 3 aromatic carbocycles. The predicted molar refractivity (Wildman–Crippen MR) is 118 cm³/mol. The van der Waals surface area contributed by atoms with E-state index in [2.05, 4.69) is 15.0 Å². The summed E-state index contributed by atoms with van der Waals surface area (Å²) in [6, 6.07) is 22.0. The van der Waals surface area contributed by atoms with Gasteiger partial charge in [0.1, 0.15) is 11.5 Å². The Balaban J connectivity index is 1.62. The molecule has 6 heteroatoms. The number of nitrogen functional groups attached to an aromatic ring is 1. The van der Waals surface area contributed by atoms with Crippen LogP contribution in [0.25, 0.3) is 44.5 Å². The van der Waals surface area contributed by atoms with Crippen LogP contribution in [-0.2, 0) is 0 Å². The van der Waals surface area contributed by atoms with E-state index in [0.717, 1.165) is 27.6 Å². The van der Waals surface area contributed by atoms with Crippen molar-refractivity contribution < 1.29 is 10.2 Å². The Labute approximate surface area is 172 Å². The summed E-state index contributed by atoms with van der Waals surface area (Å²) in [5, 5.41) is 21.1. The number of aromatic amines is 1. The molecular formula is C24H18N4O2. The molecule has 0 fully saturated rings. The molecule has 6 nitrogen and oxygen atoms in total. The van der Waals surface area contributed by atoms with Gasteiger partial charge in [-0.05, 0) is 59.7 Å². The lowest BCUT2D eigenvalue weighted by Gasteiger charge is -2.10. The maximum absolute atomic E-state index is 10.5. The number of fused-ring (bicyclic) bond motifs is 1. The Hall–Kier alpha value is -4.32. The van der Waals surface area contributed by atoms with Crippen molar-refractivity contribution in [2.75, 3.05) is 5.73 Å². The Bertz CT molecular complexity index is 1370. The van der Waals surface area contributed by atoms with Crippen molar-refractivity contribution >= 4 is 16.9 Å². The number of hydrogen-bond donors (Lipinski definition) is 4. The number of H-pyrrole nitrogens is 1. The molecule has 0 aliphatic heterocycles. The maximum atomic E-state index is 10.5. The van der Waals surface area contributed by atoms with Crippen molar-refractivity contribution in [1.29, 1.82) is 0 Å². The number of rotatable bonds is 3. The van der Waals surface area contributed by atoms with Crippen LogP contribution in [0.5, 0.6) is 11.5 Å². The third-order valence-corrected chi connectivity index (χ3v) is 5.07. The second-order valence-corrected chi connectivity index (χ2v) is 7.06. The lowest BCUT2D eigenvalue weighted by molar-refractivity contribution is 0.475. The zero-order chi connectivity index (χ0) is 20.7. The first-order valence-electron chi connectivity index (χ1n) is 9.42. The van der Waals surface area contributed by atoms with Gasteiger partial charge in [0.25, 0.3) is 0 Å². The number of phenolic OH excluding ortho intramolecular Hbond substituents is 2. The summed E-state index contributed by atoms with van der Waals surface area (Å²) in [6.45, 7) is 0. The minimum Gasteiger partial charge on any atom is -0.508 e. The molecule has 2 aromatic heterocycles. The van der Waals surface area contributed by atoms with Gasteiger partial charge in [-0.1, -0.05) is 24.3 Å². The fraction of sp³-hybridized carbons (Fsp3) is 0. The Morgan fingerprint density at radius 2 is 1.43 bits per heavy atom. The second kappa shape index (κ2) is 6.93. The van der Waals surface area contributed by atoms with Crippen molar-refractivity contribution in [2.24, 2.45) is 0 Å². The summed E-state index contributed by atoms with van der Waals surface area (Å²) in [5.74, 6) is 0.430. The smallest absolute Gasteiger partial charge is 0.221 e. The molecule has 5 N–H and O–H groups in total. The fourth-order valence-corrected chi connectivity index (χ4v) is 3.54. The summed E-state index contributed by atoms with van der Waals surface area (Å²) >= 11 is 0. The highest BCUT2D eigenvalue weighted by Crippen LogP contribution is 2.35. The van der Waals surface area contributed by atoms with Crippen molar-refractivity contribution in [2.45, 2.75) is 0 Å². The van der Waals surface area contributed by atoms with Gasteiger partial charge in [-0.15, -0.1) is 0 Å². The number of aromatic hydroxyl groups is 2. The lowest BCUT2D eigenvalue weighted by atomic mass is 9.99. The summed E-state index contributed by atoms with van der Waals surface area (Å²) in [4.78, 5) is 11.9. The first kappa shape index (κ1) is 17.8. The number of nitrogens with one attached hydrogen (secondary N) is 1. The molecule has 0 aliphatic rings. The molecule has 0 amide bonds. The van der Waals surface area contributed by atoms with Crippen LogP contribution in [-0.4, -0.2) is 25.2 Å². The van der Waals surface area contributed by atoms with E-state index < -0.39 is 0 Å². The van der Waals surface area contributed by atoms with Crippen LogP contribution >= 0.6 is 0 Å². The number of anilines is 1. The molecule has 146 valence electrons. The Morgan fingerprint density at radius 1 is 0.700 bits per heavy atom. The lowest BCUT2D eigenvalue weighted by Crippen LogP contribution is -1.99. The summed E-state index contributed by atoms with van der Waals surface area (Å²) in [7, 11) is 0. The van der Waals surface area contributed by atoms with Gasteiger partial charge in [-0.2, -0.15) is 0 Å². The van der Waals surface area contributed by atoms with E-state index in [9.17, 15) is 10.2 Å². The number of aromatic nitrogens is 3. The molecule has 0 radical (unpaired) electrons. The van der Waals surface area contributed by atoms with Crippen LogP contribution in [0, 0.1) is 0 Å². The Morgan fingerprint density at radius 3 is 2.27 bits per heavy atom. The minimum absolute atomic E-state index is 0.0997. The van der Waals surface area contributed by atoms with Crippen LogP contribution in [0.1, 0.15) is 0 Å². The van der Waals surface area contributed by atoms with E-state index in [1.807, 2.05) is 60.8 Å². The van der Waals surface area contributed by atoms with E-state index in [1.165, 1.54) is 0 Å². The largest absolute Gasteiger partial charge is 0.508 e. The molecule has 2 heterocycles. The minimum atomic E-state index is 0.0997. The zero-order valence-corrected chi connectivity index (χ0v) is 15.9.